The third-order valence-corrected chi connectivity index (χ3v) is 3.59. The van der Waals surface area contributed by atoms with Crippen molar-refractivity contribution in [3.8, 4) is 0 Å². The predicted molar refractivity (Wildman–Crippen MR) is 67.9 cm³/mol. The Bertz CT molecular complexity index is 625. The second-order valence-corrected chi connectivity index (χ2v) is 4.93. The van der Waals surface area contributed by atoms with E-state index in [1.165, 1.54) is 0 Å². The predicted octanol–water partition coefficient (Wildman–Crippen LogP) is 2.82. The number of Topliss-reactive ketones (excluding diaryl/α,β-unsaturated/α-hetero) is 1. The molecular formula is C15H15NO2. The van der Waals surface area contributed by atoms with E-state index >= 15 is 0 Å². The summed E-state index contributed by atoms with van der Waals surface area (Å²) in [7, 11) is 0. The van der Waals surface area contributed by atoms with Gasteiger partial charge in [-0.25, -0.2) is 0 Å². The van der Waals surface area contributed by atoms with E-state index < -0.39 is 0 Å². The lowest BCUT2D eigenvalue weighted by atomic mass is 9.90. The highest BCUT2D eigenvalue weighted by Gasteiger charge is 2.22. The molecule has 0 amide bonds. The fraction of sp³-hybridized carbons (Fsp3) is 0.333. The van der Waals surface area contributed by atoms with Gasteiger partial charge in [-0.2, -0.15) is 0 Å². The summed E-state index contributed by atoms with van der Waals surface area (Å²) in [6, 6.07) is 6.10. The number of rotatable bonds is 0. The van der Waals surface area contributed by atoms with Crippen molar-refractivity contribution in [2.75, 3.05) is 0 Å². The summed E-state index contributed by atoms with van der Waals surface area (Å²) in [6.07, 6.45) is 2.06. The van der Waals surface area contributed by atoms with Gasteiger partial charge in [-0.3, -0.25) is 4.79 Å². The van der Waals surface area contributed by atoms with E-state index in [2.05, 4.69) is 17.3 Å². The van der Waals surface area contributed by atoms with Crippen molar-refractivity contribution in [2.45, 2.75) is 33.1 Å². The van der Waals surface area contributed by atoms with E-state index in [1.54, 1.807) is 0 Å². The van der Waals surface area contributed by atoms with E-state index in [4.69, 9.17) is 4.52 Å². The molecule has 1 aliphatic rings. The first kappa shape index (κ1) is 11.2. The van der Waals surface area contributed by atoms with Gasteiger partial charge in [0.25, 0.3) is 0 Å². The smallest absolute Gasteiger partial charge is 0.167 e. The van der Waals surface area contributed by atoms with Crippen LogP contribution in [0.2, 0.25) is 0 Å². The summed E-state index contributed by atoms with van der Waals surface area (Å²) in [5.41, 5.74) is 4.93. The van der Waals surface area contributed by atoms with Crippen LogP contribution in [0.1, 0.15) is 38.5 Å². The Morgan fingerprint density at radius 1 is 1.22 bits per heavy atom. The third kappa shape index (κ3) is 1.76. The molecule has 0 radical (unpaired) electrons. The molecule has 0 saturated carbocycles. The van der Waals surface area contributed by atoms with Crippen molar-refractivity contribution in [2.24, 2.45) is 0 Å². The van der Waals surface area contributed by atoms with Gasteiger partial charge in [0.15, 0.2) is 5.78 Å². The molecule has 1 heterocycles. The zero-order chi connectivity index (χ0) is 12.7. The average molecular weight is 241 g/mol. The summed E-state index contributed by atoms with van der Waals surface area (Å²) in [5.74, 6) is 1.04. The summed E-state index contributed by atoms with van der Waals surface area (Å²) in [5, 5.41) is 3.97. The molecule has 3 heteroatoms. The van der Waals surface area contributed by atoms with Gasteiger partial charge in [0.1, 0.15) is 5.76 Å². The fourth-order valence-corrected chi connectivity index (χ4v) is 2.53. The van der Waals surface area contributed by atoms with Crippen LogP contribution in [0.5, 0.6) is 0 Å². The lowest BCUT2D eigenvalue weighted by Gasteiger charge is -2.13. The molecule has 1 aromatic heterocycles. The van der Waals surface area contributed by atoms with Gasteiger partial charge in [-0.05, 0) is 31.9 Å². The molecule has 3 nitrogen and oxygen atoms in total. The Morgan fingerprint density at radius 2 is 2.06 bits per heavy atom. The minimum Gasteiger partial charge on any atom is -0.361 e. The summed E-state index contributed by atoms with van der Waals surface area (Å²) in [6.45, 7) is 3.91. The molecule has 3 rings (SSSR count). The van der Waals surface area contributed by atoms with Gasteiger partial charge < -0.3 is 4.52 Å². The molecule has 0 aliphatic heterocycles. The van der Waals surface area contributed by atoms with Gasteiger partial charge in [-0.15, -0.1) is 0 Å². The molecule has 0 fully saturated rings. The number of hydrogen-bond donors (Lipinski definition) is 0. The fourth-order valence-electron chi connectivity index (χ4n) is 2.53. The van der Waals surface area contributed by atoms with Crippen molar-refractivity contribution in [1.29, 1.82) is 0 Å². The van der Waals surface area contributed by atoms with Crippen LogP contribution in [0.3, 0.4) is 0 Å². The van der Waals surface area contributed by atoms with Crippen LogP contribution in [0.4, 0.5) is 0 Å². The second kappa shape index (κ2) is 4.09. The van der Waals surface area contributed by atoms with Crippen molar-refractivity contribution < 1.29 is 9.32 Å². The van der Waals surface area contributed by atoms with Gasteiger partial charge in [0.05, 0.1) is 5.69 Å². The Labute approximate surface area is 106 Å². The Morgan fingerprint density at radius 3 is 2.89 bits per heavy atom. The lowest BCUT2D eigenvalue weighted by molar-refractivity contribution is 0.0990. The van der Waals surface area contributed by atoms with E-state index in [-0.39, 0.29) is 5.78 Å². The SMILES string of the molecule is Cc1ccc2c(c1)C(=O)Cc1c(C)noc1CC2. The number of aromatic nitrogens is 1. The number of nitrogens with zero attached hydrogens (tertiary/aromatic N) is 1. The highest BCUT2D eigenvalue weighted by molar-refractivity contribution is 5.99. The maximum Gasteiger partial charge on any atom is 0.167 e. The lowest BCUT2D eigenvalue weighted by Crippen LogP contribution is -2.13. The molecule has 0 saturated heterocycles. The molecule has 0 unspecified atom stereocenters. The summed E-state index contributed by atoms with van der Waals surface area (Å²) < 4.78 is 5.31. The van der Waals surface area contributed by atoms with Gasteiger partial charge in [-0.1, -0.05) is 22.9 Å². The third-order valence-electron chi connectivity index (χ3n) is 3.59. The Balaban J connectivity index is 2.08. The number of carbonyl (C=O) groups excluding carboxylic acids is 1. The van der Waals surface area contributed by atoms with Gasteiger partial charge in [0, 0.05) is 24.0 Å². The van der Waals surface area contributed by atoms with Gasteiger partial charge in [0.2, 0.25) is 0 Å². The van der Waals surface area contributed by atoms with Crippen LogP contribution in [0, 0.1) is 13.8 Å². The molecule has 0 spiro atoms. The van der Waals surface area contributed by atoms with Crippen LogP contribution in [0.15, 0.2) is 22.7 Å². The number of aryl methyl sites for hydroxylation is 4. The number of benzene rings is 1. The minimum atomic E-state index is 0.168. The standard InChI is InChI=1S/C15H15NO2/c1-9-3-4-11-5-6-15-12(10(2)16-18-15)8-14(17)13(11)7-9/h3-4,7H,5-6,8H2,1-2H3. The highest BCUT2D eigenvalue weighted by Crippen LogP contribution is 2.24. The first-order chi connectivity index (χ1) is 8.65. The van der Waals surface area contributed by atoms with Crippen LogP contribution in [0.25, 0.3) is 0 Å². The molecular weight excluding hydrogens is 226 g/mol. The molecule has 0 atom stereocenters. The van der Waals surface area contributed by atoms with Crippen molar-refractivity contribution in [3.05, 3.63) is 51.9 Å². The molecule has 1 aliphatic carbocycles. The molecule has 92 valence electrons. The first-order valence-electron chi connectivity index (χ1n) is 6.22. The van der Waals surface area contributed by atoms with Crippen molar-refractivity contribution >= 4 is 5.78 Å². The van der Waals surface area contributed by atoms with E-state index in [9.17, 15) is 4.79 Å². The van der Waals surface area contributed by atoms with Crippen LogP contribution < -0.4 is 0 Å². The maximum absolute atomic E-state index is 12.4. The number of fused-ring (bicyclic) bond motifs is 2. The second-order valence-electron chi connectivity index (χ2n) is 4.93. The van der Waals surface area contributed by atoms with E-state index in [1.807, 2.05) is 19.9 Å². The highest BCUT2D eigenvalue weighted by atomic mass is 16.5. The van der Waals surface area contributed by atoms with Crippen LogP contribution in [-0.2, 0) is 19.3 Å². The molecule has 0 N–H and O–H groups in total. The van der Waals surface area contributed by atoms with Crippen molar-refractivity contribution in [1.82, 2.24) is 5.16 Å². The summed E-state index contributed by atoms with van der Waals surface area (Å²) in [4.78, 5) is 12.4. The zero-order valence-electron chi connectivity index (χ0n) is 10.6. The van der Waals surface area contributed by atoms with Gasteiger partial charge >= 0.3 is 0 Å². The maximum atomic E-state index is 12.4. The minimum absolute atomic E-state index is 0.168. The quantitative estimate of drug-likeness (QED) is 0.712. The van der Waals surface area contributed by atoms with E-state index in [0.717, 1.165) is 46.5 Å². The number of ketones is 1. The number of carbonyl (C=O) groups is 1. The Kier molecular flexibility index (Phi) is 2.54. The summed E-state index contributed by atoms with van der Waals surface area (Å²) >= 11 is 0. The van der Waals surface area contributed by atoms with Crippen LogP contribution in [-0.4, -0.2) is 10.9 Å². The number of hydrogen-bond acceptors (Lipinski definition) is 3. The molecule has 18 heavy (non-hydrogen) atoms. The van der Waals surface area contributed by atoms with Crippen molar-refractivity contribution in [3.63, 3.8) is 0 Å². The van der Waals surface area contributed by atoms with E-state index in [0.29, 0.717) is 6.42 Å². The zero-order valence-corrected chi connectivity index (χ0v) is 10.6. The molecule has 2 aromatic rings. The average Bonchev–Trinajstić information content (AvgIpc) is 2.67. The molecule has 0 bridgehead atoms. The van der Waals surface area contributed by atoms with Crippen LogP contribution >= 0.6 is 0 Å². The normalized spacial score (nSPS) is 14.7. The largest absolute Gasteiger partial charge is 0.361 e. The monoisotopic (exact) mass is 241 g/mol. The molecule has 1 aromatic carbocycles. The first-order valence-corrected chi connectivity index (χ1v) is 6.22. The topological polar surface area (TPSA) is 43.1 Å². The Hall–Kier alpha value is -1.90.